The Morgan fingerprint density at radius 2 is 1.71 bits per heavy atom. The number of hydrogen-bond donors (Lipinski definition) is 2. The van der Waals surface area contributed by atoms with E-state index in [9.17, 15) is 9.59 Å². The van der Waals surface area contributed by atoms with E-state index in [1.807, 2.05) is 23.1 Å². The Hall–Kier alpha value is -2.68. The lowest BCUT2D eigenvalue weighted by molar-refractivity contribution is -0.133. The van der Waals surface area contributed by atoms with Crippen molar-refractivity contribution in [2.24, 2.45) is 5.73 Å². The molecule has 1 aromatic carbocycles. The summed E-state index contributed by atoms with van der Waals surface area (Å²) in [5, 5.41) is 10.8. The van der Waals surface area contributed by atoms with Gasteiger partial charge in [0.1, 0.15) is 11.0 Å². The summed E-state index contributed by atoms with van der Waals surface area (Å²) in [4.78, 5) is 30.0. The molecule has 9 nitrogen and oxygen atoms in total. The van der Waals surface area contributed by atoms with Crippen LogP contribution in [0.2, 0.25) is 0 Å². The third-order valence-electron chi connectivity index (χ3n) is 5.97. The first-order valence-electron chi connectivity index (χ1n) is 9.96. The number of hydrogen-bond acceptors (Lipinski definition) is 5. The Balaban J connectivity index is 1.22. The van der Waals surface area contributed by atoms with Crippen LogP contribution in [0, 0.1) is 0 Å². The van der Waals surface area contributed by atoms with Crippen molar-refractivity contribution in [3.05, 3.63) is 23.8 Å². The largest absolute Gasteiger partial charge is 0.351 e. The number of aromatic amines is 1. The highest BCUT2D eigenvalue weighted by Gasteiger charge is 2.29. The molecule has 0 bridgehead atoms. The molecule has 3 N–H and O–H groups in total. The Morgan fingerprint density at radius 1 is 1.00 bits per heavy atom. The molecule has 0 radical (unpaired) electrons. The number of piperidine rings is 1. The number of rotatable bonds is 4. The van der Waals surface area contributed by atoms with Crippen molar-refractivity contribution in [3.63, 3.8) is 0 Å². The molecule has 0 unspecified atom stereocenters. The molecule has 2 aliphatic rings. The van der Waals surface area contributed by atoms with Crippen molar-refractivity contribution in [3.8, 4) is 0 Å². The number of likely N-dealkylation sites (tertiary alicyclic amines) is 1. The molecular weight excluding hydrogens is 358 g/mol. The van der Waals surface area contributed by atoms with Gasteiger partial charge in [-0.15, -0.1) is 0 Å². The van der Waals surface area contributed by atoms with Crippen molar-refractivity contribution in [1.82, 2.24) is 30.1 Å². The molecule has 0 aliphatic carbocycles. The van der Waals surface area contributed by atoms with Crippen molar-refractivity contribution in [2.45, 2.75) is 31.7 Å². The van der Waals surface area contributed by atoms with Gasteiger partial charge in [0.05, 0.1) is 0 Å². The highest BCUT2D eigenvalue weighted by Crippen LogP contribution is 2.19. The van der Waals surface area contributed by atoms with Crippen LogP contribution in [0.5, 0.6) is 0 Å². The molecule has 150 valence electrons. The number of amides is 3. The Labute approximate surface area is 163 Å². The van der Waals surface area contributed by atoms with Gasteiger partial charge in [0.25, 0.3) is 0 Å². The first kappa shape index (κ1) is 18.7. The van der Waals surface area contributed by atoms with Gasteiger partial charge < -0.3 is 15.5 Å². The minimum absolute atomic E-state index is 0.212. The van der Waals surface area contributed by atoms with Crippen molar-refractivity contribution in [2.75, 3.05) is 39.3 Å². The molecule has 3 amide bonds. The zero-order chi connectivity index (χ0) is 19.5. The van der Waals surface area contributed by atoms with E-state index in [1.165, 1.54) is 0 Å². The second-order valence-corrected chi connectivity index (χ2v) is 7.62. The van der Waals surface area contributed by atoms with Gasteiger partial charge in [-0.2, -0.15) is 15.4 Å². The third kappa shape index (κ3) is 4.09. The number of aromatic nitrogens is 3. The van der Waals surface area contributed by atoms with Crippen molar-refractivity contribution >= 4 is 23.0 Å². The molecule has 4 rings (SSSR count). The number of nitrogens with two attached hydrogens (primary N) is 1. The van der Waals surface area contributed by atoms with Crippen LogP contribution in [-0.2, 0) is 11.2 Å². The first-order chi connectivity index (χ1) is 13.6. The molecule has 2 fully saturated rings. The van der Waals surface area contributed by atoms with Gasteiger partial charge in [-0.25, -0.2) is 4.79 Å². The zero-order valence-corrected chi connectivity index (χ0v) is 16.0. The van der Waals surface area contributed by atoms with Crippen LogP contribution in [0.3, 0.4) is 0 Å². The van der Waals surface area contributed by atoms with Crippen LogP contribution in [0.15, 0.2) is 18.2 Å². The topological polar surface area (TPSA) is 111 Å². The number of carbonyl (C=O) groups is 2. The molecule has 2 aromatic rings. The predicted molar refractivity (Wildman–Crippen MR) is 105 cm³/mol. The molecule has 2 saturated heterocycles. The molecule has 9 heteroatoms. The van der Waals surface area contributed by atoms with E-state index in [-0.39, 0.29) is 11.9 Å². The molecule has 0 spiro atoms. The van der Waals surface area contributed by atoms with Gasteiger partial charge in [-0.1, -0.05) is 6.07 Å². The average molecular weight is 385 g/mol. The first-order valence-corrected chi connectivity index (χ1v) is 9.96. The Kier molecular flexibility index (Phi) is 5.43. The number of fused-ring (bicyclic) bond motifs is 1. The van der Waals surface area contributed by atoms with Crippen molar-refractivity contribution in [1.29, 1.82) is 0 Å². The Morgan fingerprint density at radius 3 is 2.43 bits per heavy atom. The summed E-state index contributed by atoms with van der Waals surface area (Å²) < 4.78 is 0. The standard InChI is InChI=1S/C19H27N7O2/c20-19(28)26-7-5-15(6-8-26)24-9-11-25(12-10-24)18(27)4-2-14-1-3-16-17(13-14)22-23-21-16/h1,3,13,15H,2,4-12H2,(H2,20,28)(H,21,22,23). The summed E-state index contributed by atoms with van der Waals surface area (Å²) in [6, 6.07) is 6.09. The fourth-order valence-corrected chi connectivity index (χ4v) is 4.24. The maximum Gasteiger partial charge on any atom is 0.314 e. The summed E-state index contributed by atoms with van der Waals surface area (Å²) in [6.45, 7) is 4.81. The molecule has 3 heterocycles. The number of nitrogens with one attached hydrogen (secondary N) is 1. The highest BCUT2D eigenvalue weighted by molar-refractivity contribution is 5.77. The number of piperazine rings is 1. The summed E-state index contributed by atoms with van der Waals surface area (Å²) >= 11 is 0. The number of primary amides is 1. The van der Waals surface area contributed by atoms with E-state index in [0.29, 0.717) is 18.9 Å². The monoisotopic (exact) mass is 385 g/mol. The predicted octanol–water partition coefficient (Wildman–Crippen LogP) is 0.578. The number of H-pyrrole nitrogens is 1. The maximum atomic E-state index is 12.6. The van der Waals surface area contributed by atoms with E-state index < -0.39 is 0 Å². The average Bonchev–Trinajstić information content (AvgIpc) is 3.20. The van der Waals surface area contributed by atoms with Crippen LogP contribution in [0.4, 0.5) is 4.79 Å². The van der Waals surface area contributed by atoms with Gasteiger partial charge in [-0.3, -0.25) is 9.69 Å². The SMILES string of the molecule is NC(=O)N1CCC(N2CCN(C(=O)CCc3ccc4n[nH]nc4c3)CC2)CC1. The van der Waals surface area contributed by atoms with Gasteiger partial charge >= 0.3 is 6.03 Å². The van der Waals surface area contributed by atoms with Gasteiger partial charge in [0.2, 0.25) is 5.91 Å². The van der Waals surface area contributed by atoms with Crippen molar-refractivity contribution < 1.29 is 9.59 Å². The summed E-state index contributed by atoms with van der Waals surface area (Å²) in [6.07, 6.45) is 3.15. The molecule has 0 saturated carbocycles. The van der Waals surface area contributed by atoms with E-state index in [1.54, 1.807) is 4.90 Å². The fourth-order valence-electron chi connectivity index (χ4n) is 4.24. The lowest BCUT2D eigenvalue weighted by Crippen LogP contribution is -2.55. The maximum absolute atomic E-state index is 12.6. The number of benzene rings is 1. The second-order valence-electron chi connectivity index (χ2n) is 7.62. The van der Waals surface area contributed by atoms with E-state index >= 15 is 0 Å². The van der Waals surface area contributed by atoms with Gasteiger partial charge in [0.15, 0.2) is 0 Å². The lowest BCUT2D eigenvalue weighted by atomic mass is 10.0. The second kappa shape index (κ2) is 8.14. The number of urea groups is 1. The smallest absolute Gasteiger partial charge is 0.314 e. The molecule has 1 aromatic heterocycles. The molecule has 0 atom stereocenters. The highest BCUT2D eigenvalue weighted by atomic mass is 16.2. The third-order valence-corrected chi connectivity index (χ3v) is 5.97. The molecule has 2 aliphatic heterocycles. The van der Waals surface area contributed by atoms with Crippen LogP contribution in [0.25, 0.3) is 11.0 Å². The minimum Gasteiger partial charge on any atom is -0.351 e. The lowest BCUT2D eigenvalue weighted by Gasteiger charge is -2.42. The quantitative estimate of drug-likeness (QED) is 0.800. The minimum atomic E-state index is -0.323. The van der Waals surface area contributed by atoms with Crippen LogP contribution in [-0.4, -0.2) is 87.4 Å². The normalized spacial score (nSPS) is 19.3. The Bertz CT molecular complexity index is 836. The molecule has 28 heavy (non-hydrogen) atoms. The van der Waals surface area contributed by atoms with E-state index in [4.69, 9.17) is 5.73 Å². The molecular formula is C19H27N7O2. The fraction of sp³-hybridized carbons (Fsp3) is 0.579. The number of carbonyl (C=O) groups excluding carboxylic acids is 2. The number of nitrogens with zero attached hydrogens (tertiary/aromatic N) is 5. The summed E-state index contributed by atoms with van der Waals surface area (Å²) in [5.74, 6) is 0.212. The van der Waals surface area contributed by atoms with E-state index in [2.05, 4.69) is 20.3 Å². The summed E-state index contributed by atoms with van der Waals surface area (Å²) in [7, 11) is 0. The van der Waals surface area contributed by atoms with Crippen LogP contribution < -0.4 is 5.73 Å². The number of aryl methyl sites for hydroxylation is 1. The zero-order valence-electron chi connectivity index (χ0n) is 16.0. The van der Waals surface area contributed by atoms with E-state index in [0.717, 1.165) is 68.7 Å². The van der Waals surface area contributed by atoms with Gasteiger partial charge in [0, 0.05) is 51.7 Å². The summed E-state index contributed by atoms with van der Waals surface area (Å²) in [5.41, 5.74) is 8.14. The van der Waals surface area contributed by atoms with Crippen LogP contribution >= 0.6 is 0 Å². The van der Waals surface area contributed by atoms with Crippen LogP contribution in [0.1, 0.15) is 24.8 Å². The van der Waals surface area contributed by atoms with Gasteiger partial charge in [-0.05, 0) is 37.0 Å².